The molecule has 0 aliphatic carbocycles. The molecule has 6 rings (SSSR count). The summed E-state index contributed by atoms with van der Waals surface area (Å²) in [6.07, 6.45) is 3.44. The molecule has 2 aromatic heterocycles. The number of pyridine rings is 2. The van der Waals surface area contributed by atoms with Crippen LogP contribution in [-0.2, 0) is 90.3 Å². The van der Waals surface area contributed by atoms with Gasteiger partial charge in [-0.25, -0.2) is 9.78 Å². The van der Waals surface area contributed by atoms with E-state index in [-0.39, 0.29) is 132 Å². The first-order chi connectivity index (χ1) is 37.1. The number of hydrogen-bond donors (Lipinski definition) is 5. The second kappa shape index (κ2) is 29.6. The Morgan fingerprint density at radius 1 is 0.805 bits per heavy atom. The Kier molecular flexibility index (Phi) is 22.8. The Hall–Kier alpha value is -6.86. The molecule has 3 aliphatic rings. The average molecular weight is 1080 g/mol. The van der Waals surface area contributed by atoms with Gasteiger partial charge in [-0.1, -0.05) is 20.3 Å². The second-order valence-electron chi connectivity index (χ2n) is 18.8. The Bertz CT molecular complexity index is 2660. The SMILES string of the molecule is CCOCCOCC(=O)NC(CCCCNC(=O)COCCOCCOCCNC(=O)CCCCCN1C(=O)CC(C)C1=O)C(=O)NCC(=O)O[C@]1(CC)C(=O)OCc2c1cc1n(c2=O)Cc2cc3cc(O)ccc3nc2-1. The monoisotopic (exact) mass is 1080 g/mol. The van der Waals surface area contributed by atoms with Gasteiger partial charge in [0.05, 0.1) is 75.3 Å². The lowest BCUT2D eigenvalue weighted by Gasteiger charge is -2.35. The van der Waals surface area contributed by atoms with E-state index in [0.717, 1.165) is 6.42 Å². The molecule has 3 aliphatic heterocycles. The van der Waals surface area contributed by atoms with Crippen LogP contribution in [0.4, 0.5) is 0 Å². The minimum absolute atomic E-state index is 0.0639. The van der Waals surface area contributed by atoms with Crippen molar-refractivity contribution in [3.8, 4) is 17.1 Å². The van der Waals surface area contributed by atoms with Gasteiger partial charge >= 0.3 is 11.9 Å². The van der Waals surface area contributed by atoms with Crippen LogP contribution < -0.4 is 26.8 Å². The van der Waals surface area contributed by atoms with Crippen LogP contribution in [-0.4, -0.2) is 165 Å². The number of imide groups is 1. The molecular formula is C53H71N7O17. The summed E-state index contributed by atoms with van der Waals surface area (Å²) in [6, 6.07) is 7.04. The maximum Gasteiger partial charge on any atom is 0.355 e. The van der Waals surface area contributed by atoms with E-state index in [2.05, 4.69) is 21.3 Å². The molecule has 2 unspecified atom stereocenters. The van der Waals surface area contributed by atoms with Crippen molar-refractivity contribution in [3.05, 3.63) is 57.4 Å². The Morgan fingerprint density at radius 3 is 2.25 bits per heavy atom. The molecule has 0 bridgehead atoms. The lowest BCUT2D eigenvalue weighted by Crippen LogP contribution is -2.51. The summed E-state index contributed by atoms with van der Waals surface area (Å²) >= 11 is 0. The number of aromatic hydroxyl groups is 1. The standard InChI is InChI=1S/C53H71N7O17/c1-4-53(39-28-42-48-36(26-35-27-37(61)13-14-40(35)58-48)30-60(42)51(69)38(39)31-76-52(53)70)77-47(66)29-56-49(67)41(57-45(64)33-75-23-19-71-5-2)11-8-9-15-54-44(63)32-74-24-22-73-21-20-72-18-16-55-43(62)12-7-6-10-17-59-46(65)25-34(3)50(59)68/h13-14,26-28,34,41,61H,4-12,15-25,29-33H2,1-3H3,(H,54,63)(H,55,62)(H,56,67)(H,57,64)/t34?,41?,53-/m0/s1. The number of amides is 6. The van der Waals surface area contributed by atoms with Crippen LogP contribution in [0.2, 0.25) is 0 Å². The van der Waals surface area contributed by atoms with Crippen LogP contribution in [0.25, 0.3) is 22.3 Å². The molecule has 1 fully saturated rings. The van der Waals surface area contributed by atoms with E-state index in [4.69, 9.17) is 38.1 Å². The predicted molar refractivity (Wildman–Crippen MR) is 274 cm³/mol. The molecule has 420 valence electrons. The largest absolute Gasteiger partial charge is 0.508 e. The van der Waals surface area contributed by atoms with Gasteiger partial charge in [0.25, 0.3) is 5.56 Å². The smallest absolute Gasteiger partial charge is 0.355 e. The Morgan fingerprint density at radius 2 is 1.52 bits per heavy atom. The summed E-state index contributed by atoms with van der Waals surface area (Å²) in [6.45, 7) is 6.85. The zero-order chi connectivity index (χ0) is 55.3. The number of carbonyl (C=O) groups is 8. The second-order valence-corrected chi connectivity index (χ2v) is 18.8. The number of carbonyl (C=O) groups excluding carboxylic acids is 8. The number of rotatable bonds is 34. The fraction of sp³-hybridized carbons (Fsp3) is 0.585. The normalized spacial score (nSPS) is 16.8. The molecule has 5 heterocycles. The number of nitrogens with zero attached hydrogens (tertiary/aromatic N) is 3. The molecule has 5 N–H and O–H groups in total. The van der Waals surface area contributed by atoms with Crippen LogP contribution in [0.5, 0.6) is 5.75 Å². The summed E-state index contributed by atoms with van der Waals surface area (Å²) in [4.78, 5) is 122. The number of phenolic OH excluding ortho intramolecular Hbond substituents is 1. The molecule has 0 radical (unpaired) electrons. The molecule has 6 amide bonds. The van der Waals surface area contributed by atoms with Crippen molar-refractivity contribution in [1.82, 2.24) is 35.7 Å². The number of phenols is 1. The Balaban J connectivity index is 0.875. The highest BCUT2D eigenvalue weighted by Crippen LogP contribution is 2.41. The zero-order valence-corrected chi connectivity index (χ0v) is 44.0. The number of ether oxygens (including phenoxy) is 7. The first kappa shape index (κ1) is 59.4. The van der Waals surface area contributed by atoms with E-state index in [9.17, 15) is 48.3 Å². The zero-order valence-electron chi connectivity index (χ0n) is 44.0. The highest BCUT2D eigenvalue weighted by Gasteiger charge is 2.50. The number of benzene rings is 1. The minimum Gasteiger partial charge on any atom is -0.508 e. The fourth-order valence-corrected chi connectivity index (χ4v) is 9.10. The van der Waals surface area contributed by atoms with Crippen LogP contribution in [0.1, 0.15) is 95.2 Å². The highest BCUT2D eigenvalue weighted by atomic mass is 16.6. The van der Waals surface area contributed by atoms with Crippen molar-refractivity contribution >= 4 is 58.3 Å². The molecule has 0 spiro atoms. The first-order valence-corrected chi connectivity index (χ1v) is 26.3. The lowest BCUT2D eigenvalue weighted by atomic mass is 9.85. The van der Waals surface area contributed by atoms with Crippen molar-refractivity contribution in [1.29, 1.82) is 0 Å². The lowest BCUT2D eigenvalue weighted by molar-refractivity contribution is -0.189. The van der Waals surface area contributed by atoms with E-state index >= 15 is 0 Å². The Labute approximate surface area is 445 Å². The van der Waals surface area contributed by atoms with Gasteiger partial charge in [0.2, 0.25) is 41.0 Å². The van der Waals surface area contributed by atoms with Crippen LogP contribution in [0, 0.1) is 5.92 Å². The number of aromatic nitrogens is 2. The van der Waals surface area contributed by atoms with Gasteiger partial charge in [-0.15, -0.1) is 0 Å². The number of likely N-dealkylation sites (tertiary alicyclic amines) is 1. The molecule has 1 aromatic carbocycles. The number of hydrogen-bond acceptors (Lipinski definition) is 18. The van der Waals surface area contributed by atoms with Crippen LogP contribution in [0.15, 0.2) is 35.1 Å². The first-order valence-electron chi connectivity index (χ1n) is 26.3. The van der Waals surface area contributed by atoms with E-state index in [1.807, 2.05) is 13.0 Å². The summed E-state index contributed by atoms with van der Waals surface area (Å²) < 4.78 is 39.7. The quantitative estimate of drug-likeness (QED) is 0.0251. The van der Waals surface area contributed by atoms with Crippen LogP contribution in [0.3, 0.4) is 0 Å². The molecule has 1 saturated heterocycles. The third kappa shape index (κ3) is 16.6. The number of cyclic esters (lactones) is 1. The number of unbranched alkanes of at least 4 members (excludes halogenated alkanes) is 3. The van der Waals surface area contributed by atoms with Crippen molar-refractivity contribution in [2.24, 2.45) is 5.92 Å². The maximum absolute atomic E-state index is 14.0. The van der Waals surface area contributed by atoms with Gasteiger partial charge in [0.1, 0.15) is 38.2 Å². The third-order valence-corrected chi connectivity index (χ3v) is 13.2. The minimum atomic E-state index is -2.03. The molecule has 3 aromatic rings. The molecular weight excluding hydrogens is 1010 g/mol. The van der Waals surface area contributed by atoms with Crippen molar-refractivity contribution < 1.29 is 76.6 Å². The highest BCUT2D eigenvalue weighted by molar-refractivity contribution is 6.03. The molecule has 77 heavy (non-hydrogen) atoms. The van der Waals surface area contributed by atoms with Gasteiger partial charge in [0, 0.05) is 61.5 Å². The van der Waals surface area contributed by atoms with Gasteiger partial charge in [-0.05, 0) is 75.8 Å². The van der Waals surface area contributed by atoms with Gasteiger partial charge in [0.15, 0.2) is 0 Å². The van der Waals surface area contributed by atoms with Crippen molar-refractivity contribution in [2.45, 2.75) is 103 Å². The summed E-state index contributed by atoms with van der Waals surface area (Å²) in [7, 11) is 0. The molecule has 3 atom stereocenters. The van der Waals surface area contributed by atoms with E-state index in [0.29, 0.717) is 92.9 Å². The van der Waals surface area contributed by atoms with E-state index in [1.54, 1.807) is 32.0 Å². The number of nitrogens with one attached hydrogen (secondary N) is 4. The topological polar surface area (TPSA) is 308 Å². The van der Waals surface area contributed by atoms with E-state index in [1.165, 1.54) is 15.5 Å². The summed E-state index contributed by atoms with van der Waals surface area (Å²) in [5.74, 6) is -4.13. The summed E-state index contributed by atoms with van der Waals surface area (Å²) in [5.41, 5.74) is -0.00612. The predicted octanol–water partition coefficient (Wildman–Crippen LogP) is 1.40. The van der Waals surface area contributed by atoms with Gasteiger partial charge in [-0.3, -0.25) is 43.3 Å². The molecule has 24 heteroatoms. The third-order valence-electron chi connectivity index (χ3n) is 13.2. The molecule has 24 nitrogen and oxygen atoms in total. The summed E-state index contributed by atoms with van der Waals surface area (Å²) in [5, 5.41) is 21.4. The molecule has 0 saturated carbocycles. The van der Waals surface area contributed by atoms with Crippen LogP contribution >= 0.6 is 0 Å². The number of esters is 2. The average Bonchev–Trinajstić information content (AvgIpc) is 3.98. The van der Waals surface area contributed by atoms with Gasteiger partial charge in [-0.2, -0.15) is 0 Å². The number of fused-ring (bicyclic) bond motifs is 5. The van der Waals surface area contributed by atoms with Gasteiger partial charge < -0.3 is 64.1 Å². The van der Waals surface area contributed by atoms with Crippen molar-refractivity contribution in [3.63, 3.8) is 0 Å². The maximum atomic E-state index is 14.0. The van der Waals surface area contributed by atoms with E-state index < -0.39 is 47.5 Å². The fourth-order valence-electron chi connectivity index (χ4n) is 9.10. The van der Waals surface area contributed by atoms with Crippen molar-refractivity contribution in [2.75, 3.05) is 92.2 Å².